The predicted octanol–water partition coefficient (Wildman–Crippen LogP) is 5.49. The van der Waals surface area contributed by atoms with Gasteiger partial charge in [0.25, 0.3) is 5.69 Å². The number of non-ortho nitro benzene ring substituents is 1. The van der Waals surface area contributed by atoms with Gasteiger partial charge in [0.05, 0.1) is 11.3 Å². The van der Waals surface area contributed by atoms with E-state index < -0.39 is 16.8 Å². The molecule has 1 aliphatic heterocycles. The maximum absolute atomic E-state index is 12.1. The number of thioether (sulfide) groups is 1. The van der Waals surface area contributed by atoms with Crippen LogP contribution in [0.4, 0.5) is 5.69 Å². The molecule has 0 bridgehead atoms. The zero-order valence-corrected chi connectivity index (χ0v) is 20.4. The standard InChI is InChI=1S/C26H20ClN3O5S/c27-17-2-6-24-22(9-17)16(13-36-24)12-29-11-15(8-25(31)32)19-4-1-14(7-23(19)29)21-10-18(30(34)35)3-5-20(21)26(28)33/h1-7,9-11,16H,8,12-13H2,(H2,28,33)(H,31,32). The molecular formula is C26H20ClN3O5S. The Morgan fingerprint density at radius 1 is 1.17 bits per heavy atom. The maximum atomic E-state index is 12.1. The number of primary amides is 1. The number of rotatable bonds is 7. The molecule has 1 aliphatic rings. The van der Waals surface area contributed by atoms with E-state index in [2.05, 4.69) is 0 Å². The summed E-state index contributed by atoms with van der Waals surface area (Å²) in [7, 11) is 0. The number of carbonyl (C=O) groups is 2. The molecule has 3 N–H and O–H groups in total. The minimum absolute atomic E-state index is 0.145. The smallest absolute Gasteiger partial charge is 0.307 e. The van der Waals surface area contributed by atoms with E-state index in [9.17, 15) is 24.8 Å². The largest absolute Gasteiger partial charge is 0.481 e. The predicted molar refractivity (Wildman–Crippen MR) is 139 cm³/mol. The van der Waals surface area contributed by atoms with Crippen LogP contribution in [0, 0.1) is 10.1 Å². The fourth-order valence-corrected chi connectivity index (χ4v) is 6.13. The quantitative estimate of drug-likeness (QED) is 0.244. The second-order valence-electron chi connectivity index (χ2n) is 8.65. The highest BCUT2D eigenvalue weighted by Crippen LogP contribution is 2.42. The Balaban J connectivity index is 1.64. The van der Waals surface area contributed by atoms with E-state index in [1.165, 1.54) is 23.1 Å². The Morgan fingerprint density at radius 2 is 1.97 bits per heavy atom. The topological polar surface area (TPSA) is 128 Å². The lowest BCUT2D eigenvalue weighted by Gasteiger charge is -2.14. The van der Waals surface area contributed by atoms with Gasteiger partial charge in [-0.05, 0) is 47.0 Å². The molecular weight excluding hydrogens is 502 g/mol. The molecule has 0 saturated heterocycles. The summed E-state index contributed by atoms with van der Waals surface area (Å²) in [5.74, 6) is -0.612. The summed E-state index contributed by atoms with van der Waals surface area (Å²) >= 11 is 8.00. The number of benzene rings is 3. The Bertz CT molecular complexity index is 1560. The van der Waals surface area contributed by atoms with E-state index in [-0.39, 0.29) is 23.6 Å². The first-order valence-corrected chi connectivity index (χ1v) is 12.4. The molecule has 5 rings (SSSR count). The number of carbonyl (C=O) groups excluding carboxylic acids is 1. The molecule has 4 aromatic rings. The molecule has 8 nitrogen and oxygen atoms in total. The number of halogens is 1. The van der Waals surface area contributed by atoms with Crippen molar-refractivity contribution in [3.8, 4) is 11.1 Å². The first kappa shape index (κ1) is 23.9. The third-order valence-corrected chi connectivity index (χ3v) is 7.85. The van der Waals surface area contributed by atoms with Crippen molar-refractivity contribution in [2.75, 3.05) is 5.75 Å². The van der Waals surface area contributed by atoms with E-state index >= 15 is 0 Å². The molecule has 2 heterocycles. The summed E-state index contributed by atoms with van der Waals surface area (Å²) in [5.41, 5.74) is 9.07. The number of fused-ring (bicyclic) bond motifs is 2. The Labute approximate surface area is 214 Å². The Hall–Kier alpha value is -3.82. The van der Waals surface area contributed by atoms with Gasteiger partial charge in [-0.25, -0.2) is 0 Å². The first-order chi connectivity index (χ1) is 17.2. The van der Waals surface area contributed by atoms with Gasteiger partial charge in [-0.15, -0.1) is 11.8 Å². The summed E-state index contributed by atoms with van der Waals surface area (Å²) in [6.45, 7) is 0.595. The normalized spacial score (nSPS) is 14.6. The minimum Gasteiger partial charge on any atom is -0.481 e. The fourth-order valence-electron chi connectivity index (χ4n) is 4.73. The molecule has 182 valence electrons. The summed E-state index contributed by atoms with van der Waals surface area (Å²) in [4.78, 5) is 35.6. The molecule has 0 radical (unpaired) electrons. The monoisotopic (exact) mass is 521 g/mol. The number of nitrogens with two attached hydrogens (primary N) is 1. The molecule has 1 unspecified atom stereocenters. The van der Waals surface area contributed by atoms with E-state index in [1.54, 1.807) is 23.9 Å². The lowest BCUT2D eigenvalue weighted by atomic mass is 9.97. The highest BCUT2D eigenvalue weighted by molar-refractivity contribution is 7.99. The van der Waals surface area contributed by atoms with Crippen LogP contribution >= 0.6 is 23.4 Å². The van der Waals surface area contributed by atoms with Gasteiger partial charge in [0, 0.05) is 68.5 Å². The molecule has 1 atom stereocenters. The lowest BCUT2D eigenvalue weighted by molar-refractivity contribution is -0.384. The molecule has 10 heteroatoms. The van der Waals surface area contributed by atoms with Gasteiger partial charge in [-0.3, -0.25) is 19.7 Å². The van der Waals surface area contributed by atoms with Crippen LogP contribution in [0.5, 0.6) is 0 Å². The average Bonchev–Trinajstić information content (AvgIpc) is 3.38. The number of aromatic nitrogens is 1. The maximum Gasteiger partial charge on any atom is 0.307 e. The highest BCUT2D eigenvalue weighted by Gasteiger charge is 2.25. The number of nitrogens with zero attached hydrogens (tertiary/aromatic N) is 2. The molecule has 0 saturated carbocycles. The van der Waals surface area contributed by atoms with Crippen molar-refractivity contribution >= 4 is 51.8 Å². The first-order valence-electron chi connectivity index (χ1n) is 11.1. The summed E-state index contributed by atoms with van der Waals surface area (Å²) in [5, 5.41) is 22.3. The number of nitro benzene ring substituents is 1. The molecule has 3 aromatic carbocycles. The van der Waals surface area contributed by atoms with Crippen LogP contribution in [0.25, 0.3) is 22.0 Å². The van der Waals surface area contributed by atoms with Gasteiger partial charge in [0.15, 0.2) is 0 Å². The second-order valence-corrected chi connectivity index (χ2v) is 10.1. The number of hydrogen-bond donors (Lipinski definition) is 2. The summed E-state index contributed by atoms with van der Waals surface area (Å²) < 4.78 is 2.01. The number of aliphatic carboxylic acids is 1. The third-order valence-electron chi connectivity index (χ3n) is 6.37. The van der Waals surface area contributed by atoms with Crippen molar-refractivity contribution in [1.29, 1.82) is 0 Å². The second kappa shape index (κ2) is 9.33. The van der Waals surface area contributed by atoms with Crippen LogP contribution in [0.15, 0.2) is 65.7 Å². The fraction of sp³-hybridized carbons (Fsp3) is 0.154. The zero-order chi connectivity index (χ0) is 25.6. The van der Waals surface area contributed by atoms with Crippen molar-refractivity contribution in [2.45, 2.75) is 23.8 Å². The van der Waals surface area contributed by atoms with Crippen molar-refractivity contribution in [3.05, 3.63) is 92.6 Å². The van der Waals surface area contributed by atoms with Crippen LogP contribution in [0.3, 0.4) is 0 Å². The minimum atomic E-state index is -0.943. The third kappa shape index (κ3) is 4.43. The lowest BCUT2D eigenvalue weighted by Crippen LogP contribution is -2.12. The summed E-state index contributed by atoms with van der Waals surface area (Å²) in [6, 6.07) is 15.1. The van der Waals surface area contributed by atoms with E-state index in [4.69, 9.17) is 17.3 Å². The number of carboxylic acids is 1. The van der Waals surface area contributed by atoms with E-state index in [0.717, 1.165) is 22.2 Å². The number of hydrogen-bond acceptors (Lipinski definition) is 5. The van der Waals surface area contributed by atoms with Crippen LogP contribution in [0.1, 0.15) is 27.4 Å². The van der Waals surface area contributed by atoms with Gasteiger partial charge >= 0.3 is 5.97 Å². The van der Waals surface area contributed by atoms with Gasteiger partial charge in [0.2, 0.25) is 5.91 Å². The highest BCUT2D eigenvalue weighted by atomic mass is 35.5. The molecule has 0 aliphatic carbocycles. The van der Waals surface area contributed by atoms with Crippen LogP contribution in [-0.2, 0) is 17.8 Å². The molecule has 1 amide bonds. The van der Waals surface area contributed by atoms with E-state index in [1.807, 2.05) is 35.0 Å². The molecule has 0 spiro atoms. The van der Waals surface area contributed by atoms with Crippen molar-refractivity contribution in [1.82, 2.24) is 4.57 Å². The summed E-state index contributed by atoms with van der Waals surface area (Å²) in [6.07, 6.45) is 1.70. The van der Waals surface area contributed by atoms with Crippen molar-refractivity contribution < 1.29 is 19.6 Å². The zero-order valence-electron chi connectivity index (χ0n) is 18.8. The van der Waals surface area contributed by atoms with Crippen LogP contribution in [-0.4, -0.2) is 32.2 Å². The SMILES string of the molecule is NC(=O)c1ccc([N+](=O)[O-])cc1-c1ccc2c(CC(=O)O)cn(CC3CSc4ccc(Cl)cc43)c2c1. The molecule has 1 aromatic heterocycles. The van der Waals surface area contributed by atoms with Crippen LogP contribution < -0.4 is 5.73 Å². The van der Waals surface area contributed by atoms with Gasteiger partial charge < -0.3 is 15.4 Å². The number of amides is 1. The number of carboxylic acid groups (broad SMARTS) is 1. The number of nitro groups is 1. The Morgan fingerprint density at radius 3 is 2.69 bits per heavy atom. The van der Waals surface area contributed by atoms with Crippen LogP contribution in [0.2, 0.25) is 5.02 Å². The van der Waals surface area contributed by atoms with Crippen molar-refractivity contribution in [2.24, 2.45) is 5.73 Å². The van der Waals surface area contributed by atoms with Gasteiger partial charge in [-0.1, -0.05) is 23.7 Å². The van der Waals surface area contributed by atoms with E-state index in [0.29, 0.717) is 28.3 Å². The van der Waals surface area contributed by atoms with Gasteiger partial charge in [0.1, 0.15) is 0 Å². The average molecular weight is 522 g/mol. The Kier molecular flexibility index (Phi) is 6.19. The molecule has 36 heavy (non-hydrogen) atoms. The molecule has 0 fully saturated rings. The van der Waals surface area contributed by atoms with Crippen molar-refractivity contribution in [3.63, 3.8) is 0 Å². The van der Waals surface area contributed by atoms with Gasteiger partial charge in [-0.2, -0.15) is 0 Å².